The summed E-state index contributed by atoms with van der Waals surface area (Å²) in [5.41, 5.74) is 4.13. The number of hydrogen-bond acceptors (Lipinski definition) is 8. The van der Waals surface area contributed by atoms with E-state index in [0.29, 0.717) is 17.5 Å². The summed E-state index contributed by atoms with van der Waals surface area (Å²) >= 11 is 1.39. The summed E-state index contributed by atoms with van der Waals surface area (Å²) < 4.78 is 6.47. The number of carbonyl (C=O) groups is 2. The number of pyridine rings is 1. The quantitative estimate of drug-likeness (QED) is 0.220. The van der Waals surface area contributed by atoms with Crippen molar-refractivity contribution < 1.29 is 14.3 Å². The topological polar surface area (TPSA) is 130 Å². The van der Waals surface area contributed by atoms with Gasteiger partial charge in [-0.25, -0.2) is 19.8 Å². The molecule has 1 aliphatic heterocycles. The summed E-state index contributed by atoms with van der Waals surface area (Å²) in [7, 11) is 0. The van der Waals surface area contributed by atoms with Crippen LogP contribution >= 0.6 is 11.3 Å². The highest BCUT2D eigenvalue weighted by atomic mass is 32.1. The molecule has 3 aromatic rings. The fourth-order valence-corrected chi connectivity index (χ4v) is 5.00. The van der Waals surface area contributed by atoms with E-state index < -0.39 is 6.10 Å². The number of allylic oxidation sites excluding steroid dienone is 1. The number of nitrogens with one attached hydrogen (secondary N) is 3. The predicted octanol–water partition coefficient (Wildman–Crippen LogP) is 4.64. The normalized spacial score (nSPS) is 16.8. The van der Waals surface area contributed by atoms with Crippen molar-refractivity contribution in [1.29, 1.82) is 0 Å². The maximum atomic E-state index is 12.4. The first-order valence-electron chi connectivity index (χ1n) is 12.5. The van der Waals surface area contributed by atoms with Crippen LogP contribution in [0.3, 0.4) is 0 Å². The third kappa shape index (κ3) is 6.48. The number of fused-ring (bicyclic) bond motifs is 1. The van der Waals surface area contributed by atoms with Gasteiger partial charge in [0.25, 0.3) is 0 Å². The summed E-state index contributed by atoms with van der Waals surface area (Å²) in [5.74, 6) is 0.00174. The molecule has 0 spiro atoms. The molecule has 0 unspecified atom stereocenters. The van der Waals surface area contributed by atoms with Crippen molar-refractivity contribution in [1.82, 2.24) is 20.6 Å². The molecule has 1 saturated heterocycles. The fraction of sp³-hybridized carbons (Fsp3) is 0.333. The van der Waals surface area contributed by atoms with Crippen LogP contribution in [-0.2, 0) is 9.53 Å². The third-order valence-corrected chi connectivity index (χ3v) is 7.02. The smallest absolute Gasteiger partial charge is 0.323 e. The molecule has 10 nitrogen and oxygen atoms in total. The Labute approximate surface area is 225 Å². The lowest BCUT2D eigenvalue weighted by Crippen LogP contribution is -2.36. The number of ether oxygens (including phenoxy) is 1. The Morgan fingerprint density at radius 2 is 2.21 bits per heavy atom. The SMILES string of the molecule is C=N/C(=N\C=C(/C)c1cc(-c2ccccn2)c2sc(NC(=O)NCC)nc2c1)[C@@H](C)OC(=O)[C@@H]1CCCN1. The van der Waals surface area contributed by atoms with Crippen molar-refractivity contribution in [3.8, 4) is 11.3 Å². The van der Waals surface area contributed by atoms with Crippen LogP contribution in [0.4, 0.5) is 9.93 Å². The van der Waals surface area contributed by atoms with Crippen LogP contribution in [0.5, 0.6) is 0 Å². The lowest BCUT2D eigenvalue weighted by molar-refractivity contribution is -0.147. The molecule has 0 radical (unpaired) electrons. The number of amides is 2. The molecule has 4 rings (SSSR count). The number of amidine groups is 1. The van der Waals surface area contributed by atoms with Gasteiger partial charge in [-0.15, -0.1) is 0 Å². The minimum atomic E-state index is -0.639. The molecule has 11 heteroatoms. The molecule has 0 bridgehead atoms. The Hall–Kier alpha value is -3.96. The summed E-state index contributed by atoms with van der Waals surface area (Å²) in [5, 5.41) is 9.13. The number of hydrogen-bond donors (Lipinski definition) is 3. The molecule has 3 heterocycles. The molecule has 3 N–H and O–H groups in total. The average molecular weight is 534 g/mol. The van der Waals surface area contributed by atoms with Gasteiger partial charge in [-0.2, -0.15) is 0 Å². The number of carbonyl (C=O) groups excluding carboxylic acids is 2. The minimum Gasteiger partial charge on any atom is -0.453 e. The molecule has 1 fully saturated rings. The van der Waals surface area contributed by atoms with E-state index in [1.165, 1.54) is 11.3 Å². The van der Waals surface area contributed by atoms with Gasteiger partial charge in [-0.3, -0.25) is 15.1 Å². The van der Waals surface area contributed by atoms with Gasteiger partial charge in [-0.1, -0.05) is 17.4 Å². The van der Waals surface area contributed by atoms with E-state index in [9.17, 15) is 9.59 Å². The number of urea groups is 1. The number of nitrogens with zero attached hydrogens (tertiary/aromatic N) is 4. The summed E-state index contributed by atoms with van der Waals surface area (Å²) in [6, 6.07) is 9.09. The highest BCUT2D eigenvalue weighted by molar-refractivity contribution is 7.22. The van der Waals surface area contributed by atoms with Crippen molar-refractivity contribution in [2.24, 2.45) is 9.98 Å². The first-order chi connectivity index (χ1) is 18.4. The number of aromatic nitrogens is 2. The van der Waals surface area contributed by atoms with Gasteiger partial charge in [0.2, 0.25) is 0 Å². The van der Waals surface area contributed by atoms with E-state index in [-0.39, 0.29) is 18.0 Å². The number of esters is 1. The van der Waals surface area contributed by atoms with Crippen LogP contribution in [0.2, 0.25) is 0 Å². The monoisotopic (exact) mass is 533 g/mol. The van der Waals surface area contributed by atoms with Gasteiger partial charge in [0.15, 0.2) is 17.1 Å². The molecule has 198 valence electrons. The Morgan fingerprint density at radius 3 is 2.89 bits per heavy atom. The lowest BCUT2D eigenvalue weighted by atomic mass is 10.0. The van der Waals surface area contributed by atoms with Gasteiger partial charge in [-0.05, 0) is 82.3 Å². The van der Waals surface area contributed by atoms with Gasteiger partial charge in [0.1, 0.15) is 6.04 Å². The van der Waals surface area contributed by atoms with E-state index in [0.717, 1.165) is 52.0 Å². The van der Waals surface area contributed by atoms with E-state index in [1.807, 2.05) is 44.2 Å². The van der Waals surface area contributed by atoms with Crippen LogP contribution in [0.1, 0.15) is 39.2 Å². The third-order valence-electron chi connectivity index (χ3n) is 6.00. The highest BCUT2D eigenvalue weighted by Crippen LogP contribution is 2.37. The zero-order valence-corrected chi connectivity index (χ0v) is 22.5. The van der Waals surface area contributed by atoms with Crippen LogP contribution in [0.25, 0.3) is 27.0 Å². The second kappa shape index (κ2) is 12.5. The molecule has 2 amide bonds. The van der Waals surface area contributed by atoms with E-state index >= 15 is 0 Å². The number of benzene rings is 1. The average Bonchev–Trinajstić information content (AvgIpc) is 3.59. The first kappa shape index (κ1) is 27.1. The van der Waals surface area contributed by atoms with Crippen LogP contribution in [0, 0.1) is 0 Å². The Bertz CT molecular complexity index is 1380. The number of thiazole rings is 1. The lowest BCUT2D eigenvalue weighted by Gasteiger charge is -2.15. The standard InChI is InChI=1S/C27H31N7O3S/c1-5-29-26(36)34-27-33-22-14-18(13-19(23(22)38-27)20-9-6-7-11-30-20)16(2)15-32-24(28-4)17(3)37-25(35)21-10-8-12-31-21/h6-7,9,11,13-15,17,21,31H,4-5,8,10,12H2,1-3H3,(H2,29,33,34,36)/b16-15+,32-24-/t17-,21+/m1/s1. The maximum absolute atomic E-state index is 12.4. The number of aliphatic imine (C=N–C) groups is 2. The Balaban J connectivity index is 1.64. The maximum Gasteiger partial charge on any atom is 0.323 e. The minimum absolute atomic E-state index is 0.289. The number of anilines is 1. The van der Waals surface area contributed by atoms with E-state index in [1.54, 1.807) is 19.3 Å². The van der Waals surface area contributed by atoms with Gasteiger partial charge in [0.05, 0.1) is 15.9 Å². The molecule has 2 aromatic heterocycles. The van der Waals surface area contributed by atoms with Crippen LogP contribution in [-0.4, -0.2) is 59.8 Å². The van der Waals surface area contributed by atoms with Crippen LogP contribution < -0.4 is 16.0 Å². The van der Waals surface area contributed by atoms with E-state index in [4.69, 9.17) is 4.74 Å². The molecule has 1 aliphatic rings. The molecule has 0 saturated carbocycles. The van der Waals surface area contributed by atoms with Crippen molar-refractivity contribution in [2.45, 2.75) is 45.8 Å². The largest absolute Gasteiger partial charge is 0.453 e. The second-order valence-corrected chi connectivity index (χ2v) is 9.78. The van der Waals surface area contributed by atoms with Crippen molar-refractivity contribution in [3.05, 3.63) is 48.3 Å². The van der Waals surface area contributed by atoms with Crippen LogP contribution in [0.15, 0.2) is 52.7 Å². The second-order valence-electron chi connectivity index (χ2n) is 8.78. The molecule has 38 heavy (non-hydrogen) atoms. The zero-order chi connectivity index (χ0) is 27.1. The zero-order valence-electron chi connectivity index (χ0n) is 21.7. The molecular weight excluding hydrogens is 502 g/mol. The Morgan fingerprint density at radius 1 is 1.37 bits per heavy atom. The van der Waals surface area contributed by atoms with Crippen molar-refractivity contribution in [3.63, 3.8) is 0 Å². The molecule has 0 aliphatic carbocycles. The molecule has 2 atom stereocenters. The van der Waals surface area contributed by atoms with E-state index in [2.05, 4.69) is 42.6 Å². The van der Waals surface area contributed by atoms with Gasteiger partial charge >= 0.3 is 12.0 Å². The highest BCUT2D eigenvalue weighted by Gasteiger charge is 2.26. The summed E-state index contributed by atoms with van der Waals surface area (Å²) in [4.78, 5) is 42.1. The predicted molar refractivity (Wildman–Crippen MR) is 153 cm³/mol. The van der Waals surface area contributed by atoms with Crippen molar-refractivity contribution in [2.75, 3.05) is 18.4 Å². The summed E-state index contributed by atoms with van der Waals surface area (Å²) in [6.45, 7) is 10.4. The summed E-state index contributed by atoms with van der Waals surface area (Å²) in [6.07, 6.45) is 4.48. The Kier molecular flexibility index (Phi) is 8.93. The van der Waals surface area contributed by atoms with Crippen molar-refractivity contribution >= 4 is 56.8 Å². The first-order valence-corrected chi connectivity index (χ1v) is 13.3. The molecule has 1 aromatic carbocycles. The fourth-order valence-electron chi connectivity index (χ4n) is 4.03. The number of rotatable bonds is 8. The van der Waals surface area contributed by atoms with Gasteiger partial charge < -0.3 is 15.4 Å². The van der Waals surface area contributed by atoms with Gasteiger partial charge in [0, 0.05) is 24.5 Å². The molecular formula is C27H31N7O3S.